The summed E-state index contributed by atoms with van der Waals surface area (Å²) in [5.41, 5.74) is -0.135. The van der Waals surface area contributed by atoms with E-state index in [1.54, 1.807) is 32.2 Å². The number of methoxy groups -OCH3 is 1. The van der Waals surface area contributed by atoms with Crippen LogP contribution in [0.3, 0.4) is 0 Å². The summed E-state index contributed by atoms with van der Waals surface area (Å²) in [6.45, 7) is 2.58. The second-order valence-electron chi connectivity index (χ2n) is 7.94. The lowest BCUT2D eigenvalue weighted by Gasteiger charge is -2.39. The van der Waals surface area contributed by atoms with Gasteiger partial charge in [-0.3, -0.25) is 14.2 Å². The molecule has 1 aliphatic rings. The molecule has 5 heterocycles. The zero-order valence-electron chi connectivity index (χ0n) is 18.6. The van der Waals surface area contributed by atoms with Gasteiger partial charge in [0.2, 0.25) is 16.5 Å². The molecule has 0 spiro atoms. The molecule has 0 radical (unpaired) electrons. The molecule has 0 bridgehead atoms. The summed E-state index contributed by atoms with van der Waals surface area (Å²) in [6, 6.07) is 5.10. The van der Waals surface area contributed by atoms with Crippen molar-refractivity contribution >= 4 is 46.1 Å². The van der Waals surface area contributed by atoms with Crippen LogP contribution in [0.5, 0.6) is 5.75 Å². The zero-order valence-corrected chi connectivity index (χ0v) is 19.4. The fourth-order valence-electron chi connectivity index (χ4n) is 3.85. The van der Waals surface area contributed by atoms with E-state index < -0.39 is 11.4 Å². The Morgan fingerprint density at radius 1 is 1.26 bits per heavy atom. The van der Waals surface area contributed by atoms with Gasteiger partial charge in [0, 0.05) is 30.8 Å². The van der Waals surface area contributed by atoms with E-state index in [9.17, 15) is 19.5 Å². The number of aromatic carboxylic acids is 1. The molecule has 1 amide bonds. The van der Waals surface area contributed by atoms with Crippen molar-refractivity contribution in [3.8, 4) is 10.9 Å². The van der Waals surface area contributed by atoms with E-state index in [4.69, 9.17) is 4.74 Å². The number of nitrogens with zero attached hydrogens (tertiary/aromatic N) is 6. The number of anilines is 2. The van der Waals surface area contributed by atoms with Crippen LogP contribution in [0.25, 0.3) is 16.2 Å². The van der Waals surface area contributed by atoms with Gasteiger partial charge in [0.05, 0.1) is 24.6 Å². The van der Waals surface area contributed by atoms with Crippen LogP contribution in [0.2, 0.25) is 0 Å². The van der Waals surface area contributed by atoms with Crippen LogP contribution in [0, 0.1) is 12.8 Å². The van der Waals surface area contributed by atoms with Gasteiger partial charge in [0.25, 0.3) is 0 Å². The van der Waals surface area contributed by atoms with Crippen LogP contribution in [0.1, 0.15) is 15.9 Å². The molecule has 0 unspecified atom stereocenters. The minimum atomic E-state index is -1.33. The Labute approximate surface area is 202 Å². The third-order valence-electron chi connectivity index (χ3n) is 5.73. The molecule has 13 heteroatoms. The van der Waals surface area contributed by atoms with E-state index in [2.05, 4.69) is 24.6 Å². The minimum Gasteiger partial charge on any atom is -0.495 e. The molecule has 5 rings (SSSR count). The SMILES string of the molecule is COc1ccc(NC(=O)C2CN(c3cc(C)c4c(=O)c(C(=O)O)cn(-c5ncns5)c4n3)C2)nc1. The van der Waals surface area contributed by atoms with Gasteiger partial charge in [-0.05, 0) is 30.7 Å². The Bertz CT molecular complexity index is 1500. The van der Waals surface area contributed by atoms with Crippen LogP contribution in [0.4, 0.5) is 11.6 Å². The Kier molecular flexibility index (Phi) is 5.61. The van der Waals surface area contributed by atoms with Gasteiger partial charge in [-0.2, -0.15) is 4.37 Å². The Morgan fingerprint density at radius 3 is 2.69 bits per heavy atom. The van der Waals surface area contributed by atoms with Gasteiger partial charge in [-0.25, -0.2) is 19.7 Å². The molecule has 0 atom stereocenters. The summed E-state index contributed by atoms with van der Waals surface area (Å²) in [4.78, 5) is 52.0. The Hall–Kier alpha value is -4.39. The van der Waals surface area contributed by atoms with Crippen LogP contribution >= 0.6 is 11.5 Å². The lowest BCUT2D eigenvalue weighted by Crippen LogP contribution is -2.52. The van der Waals surface area contributed by atoms with Crippen LogP contribution in [-0.4, -0.2) is 61.1 Å². The number of carboxylic acids is 1. The average molecular weight is 494 g/mol. The molecular formula is C22H19N7O5S. The number of pyridine rings is 3. The first-order chi connectivity index (χ1) is 16.9. The standard InChI is InChI=1S/C22H19N7O5S/c1-11-5-16(28-7-12(8-28)20(31)26-15-4-3-13(34-2)6-23-15)27-19-17(11)18(30)14(21(32)33)9-29(19)22-24-10-25-35-22/h3-6,9-10,12H,7-8H2,1-2H3,(H,32,33)(H,23,26,31). The highest BCUT2D eigenvalue weighted by atomic mass is 32.1. The highest BCUT2D eigenvalue weighted by Crippen LogP contribution is 2.28. The highest BCUT2D eigenvalue weighted by molar-refractivity contribution is 7.08. The second-order valence-corrected chi connectivity index (χ2v) is 8.70. The Morgan fingerprint density at radius 2 is 2.06 bits per heavy atom. The van der Waals surface area contributed by atoms with Gasteiger partial charge in [-0.1, -0.05) is 0 Å². The fourth-order valence-corrected chi connectivity index (χ4v) is 4.36. The summed E-state index contributed by atoms with van der Waals surface area (Å²) >= 11 is 1.05. The number of fused-ring (bicyclic) bond motifs is 1. The number of rotatable bonds is 6. The molecule has 0 aromatic carbocycles. The monoisotopic (exact) mass is 493 g/mol. The van der Waals surface area contributed by atoms with Gasteiger partial charge >= 0.3 is 5.97 Å². The maximum Gasteiger partial charge on any atom is 0.341 e. The molecule has 0 saturated carbocycles. The molecule has 178 valence electrons. The van der Waals surface area contributed by atoms with Crippen LogP contribution < -0.4 is 20.4 Å². The smallest absolute Gasteiger partial charge is 0.341 e. The van der Waals surface area contributed by atoms with Gasteiger partial charge in [0.1, 0.15) is 29.3 Å². The summed E-state index contributed by atoms with van der Waals surface area (Å²) in [5.74, 6) is -0.157. The number of aromatic nitrogens is 5. The molecule has 1 aliphatic heterocycles. The van der Waals surface area contributed by atoms with E-state index in [1.165, 1.54) is 23.3 Å². The molecule has 4 aromatic heterocycles. The number of hydrogen-bond acceptors (Lipinski definition) is 10. The first-order valence-corrected chi connectivity index (χ1v) is 11.3. The molecule has 1 saturated heterocycles. The van der Waals surface area contributed by atoms with E-state index in [0.717, 1.165) is 11.5 Å². The lowest BCUT2D eigenvalue weighted by molar-refractivity contribution is -0.120. The maximum atomic E-state index is 12.9. The molecular weight excluding hydrogens is 474 g/mol. The van der Waals surface area contributed by atoms with Crippen molar-refractivity contribution in [2.75, 3.05) is 30.4 Å². The van der Waals surface area contributed by atoms with Crippen LogP contribution in [0.15, 0.2) is 41.7 Å². The first-order valence-electron chi connectivity index (χ1n) is 10.5. The normalized spacial score (nSPS) is 13.5. The van der Waals surface area contributed by atoms with Crippen molar-refractivity contribution in [3.05, 3.63) is 58.3 Å². The largest absolute Gasteiger partial charge is 0.495 e. The number of carboxylic acid groups (broad SMARTS) is 1. The van der Waals surface area contributed by atoms with Gasteiger partial charge in [-0.15, -0.1) is 0 Å². The van der Waals surface area contributed by atoms with E-state index >= 15 is 0 Å². The molecule has 4 aromatic rings. The van der Waals surface area contributed by atoms with Crippen molar-refractivity contribution in [2.45, 2.75) is 6.92 Å². The van der Waals surface area contributed by atoms with Crippen molar-refractivity contribution in [1.29, 1.82) is 0 Å². The summed E-state index contributed by atoms with van der Waals surface area (Å²) < 4.78 is 10.5. The maximum absolute atomic E-state index is 12.9. The number of hydrogen-bond donors (Lipinski definition) is 2. The van der Waals surface area contributed by atoms with Crippen molar-refractivity contribution in [1.82, 2.24) is 23.9 Å². The number of ether oxygens (including phenoxy) is 1. The average Bonchev–Trinajstić information content (AvgIpc) is 3.33. The van der Waals surface area contributed by atoms with Gasteiger partial charge in [0.15, 0.2) is 5.65 Å². The molecule has 12 nitrogen and oxygen atoms in total. The molecule has 35 heavy (non-hydrogen) atoms. The van der Waals surface area contributed by atoms with Gasteiger partial charge < -0.3 is 20.1 Å². The van der Waals surface area contributed by atoms with Crippen LogP contribution in [-0.2, 0) is 4.79 Å². The van der Waals surface area contributed by atoms with Crippen molar-refractivity contribution in [3.63, 3.8) is 0 Å². The second kappa shape index (κ2) is 8.76. The Balaban J connectivity index is 1.42. The topological polar surface area (TPSA) is 152 Å². The van der Waals surface area contributed by atoms with E-state index in [1.807, 2.05) is 4.90 Å². The summed E-state index contributed by atoms with van der Waals surface area (Å²) in [7, 11) is 1.54. The van der Waals surface area contributed by atoms with Crippen molar-refractivity contribution in [2.24, 2.45) is 5.92 Å². The number of nitrogens with one attached hydrogen (secondary N) is 1. The van der Waals surface area contributed by atoms with E-state index in [-0.39, 0.29) is 28.4 Å². The minimum absolute atomic E-state index is 0.159. The summed E-state index contributed by atoms with van der Waals surface area (Å²) in [6.07, 6.45) is 4.09. The summed E-state index contributed by atoms with van der Waals surface area (Å²) in [5, 5.41) is 12.9. The number of carbonyl (C=O) groups is 2. The number of amides is 1. The first kappa shape index (κ1) is 22.4. The third kappa shape index (κ3) is 4.05. The molecule has 2 N–H and O–H groups in total. The van der Waals surface area contributed by atoms with E-state index in [0.29, 0.717) is 41.2 Å². The predicted molar refractivity (Wildman–Crippen MR) is 128 cm³/mol. The predicted octanol–water partition coefficient (Wildman–Crippen LogP) is 1.72. The number of carbonyl (C=O) groups excluding carboxylic acids is 1. The highest BCUT2D eigenvalue weighted by Gasteiger charge is 2.34. The lowest BCUT2D eigenvalue weighted by atomic mass is 9.98. The number of aryl methyl sites for hydroxylation is 1. The third-order valence-corrected chi connectivity index (χ3v) is 6.39. The quantitative estimate of drug-likeness (QED) is 0.406. The molecule has 0 aliphatic carbocycles. The van der Waals surface area contributed by atoms with Crippen molar-refractivity contribution < 1.29 is 19.4 Å². The molecule has 1 fully saturated rings. The fraction of sp³-hybridized carbons (Fsp3) is 0.227. The zero-order chi connectivity index (χ0) is 24.7.